The second-order valence-electron chi connectivity index (χ2n) is 14.0. The minimum atomic E-state index is -3.98. The molecule has 0 heterocycles. The highest BCUT2D eigenvalue weighted by Gasteiger charge is 2.32. The number of benzene rings is 5. The summed E-state index contributed by atoms with van der Waals surface area (Å²) in [6.45, 7) is 13.1. The van der Waals surface area contributed by atoms with Gasteiger partial charge in [0.2, 0.25) is 0 Å². The third-order valence-corrected chi connectivity index (χ3v) is 16.5. The lowest BCUT2D eigenvalue weighted by atomic mass is 10.1. The van der Waals surface area contributed by atoms with Gasteiger partial charge in [0.1, 0.15) is 39.6 Å². The molecule has 68 heavy (non-hydrogen) atoms. The summed E-state index contributed by atoms with van der Waals surface area (Å²) < 4.78 is 76.0. The molecule has 0 saturated heterocycles. The molecule has 0 aliphatic carbocycles. The van der Waals surface area contributed by atoms with Gasteiger partial charge in [0.25, 0.3) is 0 Å². The van der Waals surface area contributed by atoms with Crippen LogP contribution >= 0.6 is 22.3 Å². The highest BCUT2D eigenvalue weighted by molar-refractivity contribution is 7.85. The third-order valence-electron chi connectivity index (χ3n) is 9.52. The molecule has 0 aromatic heterocycles. The summed E-state index contributed by atoms with van der Waals surface area (Å²) >= 11 is 0. The van der Waals surface area contributed by atoms with Gasteiger partial charge in [0.15, 0.2) is 7.14 Å². The van der Waals surface area contributed by atoms with Crippen LogP contribution in [-0.4, -0.2) is 78.0 Å². The molecule has 0 aliphatic heterocycles. The molecule has 0 saturated carbocycles. The molecule has 18 heteroatoms. The average Bonchev–Trinajstić information content (AvgIpc) is 3.38. The van der Waals surface area contributed by atoms with Gasteiger partial charge in [-0.1, -0.05) is 128 Å². The Kier molecular flexibility index (Phi) is 21.5. The van der Waals surface area contributed by atoms with Crippen LogP contribution in [0.5, 0.6) is 0 Å². The fraction of sp³-hybridized carbons (Fsp3) is 0.200. The van der Waals surface area contributed by atoms with Crippen molar-refractivity contribution in [3.05, 3.63) is 178 Å². The van der Waals surface area contributed by atoms with Crippen LogP contribution in [0.4, 0.5) is 0 Å². The van der Waals surface area contributed by atoms with Gasteiger partial charge in [-0.15, -0.1) is 13.2 Å². The largest absolute Gasteiger partial charge is 0.460 e. The van der Waals surface area contributed by atoms with E-state index in [9.17, 15) is 18.7 Å². The van der Waals surface area contributed by atoms with Crippen LogP contribution < -0.4 is 26.5 Å². The Bertz CT molecular complexity index is 2510. The normalized spacial score (nSPS) is 12.4. The van der Waals surface area contributed by atoms with E-state index in [0.717, 1.165) is 34.4 Å². The van der Waals surface area contributed by atoms with Crippen molar-refractivity contribution in [3.63, 3.8) is 0 Å². The minimum absolute atomic E-state index is 0.00473. The molecule has 0 radical (unpaired) electrons. The molecule has 358 valence electrons. The fourth-order valence-electron chi connectivity index (χ4n) is 6.27. The van der Waals surface area contributed by atoms with E-state index in [1.165, 1.54) is 12.2 Å². The van der Waals surface area contributed by atoms with Crippen LogP contribution in [0.2, 0.25) is 0 Å². The molecule has 1 unspecified atom stereocenters. The average molecular weight is 987 g/mol. The summed E-state index contributed by atoms with van der Waals surface area (Å²) in [4.78, 5) is 42.9. The smallest absolute Gasteiger partial charge is 0.361 e. The van der Waals surface area contributed by atoms with Gasteiger partial charge in [0.05, 0.1) is 37.0 Å². The second-order valence-corrected chi connectivity index (χ2v) is 20.8. The molecule has 5 aromatic rings. The quantitative estimate of drug-likeness (QED) is 0.00791. The van der Waals surface area contributed by atoms with Crippen LogP contribution in [0.3, 0.4) is 0 Å². The van der Waals surface area contributed by atoms with Gasteiger partial charge in [0, 0.05) is 28.1 Å². The first kappa shape index (κ1) is 53.3. The molecular weight excluding hydrogens is 933 g/mol. The third kappa shape index (κ3) is 15.2. The van der Waals surface area contributed by atoms with Crippen LogP contribution in [0, 0.1) is 0 Å². The number of hydrogen-bond acceptors (Lipinski definition) is 15. The van der Waals surface area contributed by atoms with E-state index >= 15 is 4.57 Å². The predicted molar refractivity (Wildman–Crippen MR) is 262 cm³/mol. The summed E-state index contributed by atoms with van der Waals surface area (Å²) in [7, 11) is -11.2. The molecule has 1 atom stereocenters. The topological polar surface area (TPSA) is 178 Å². The maximum Gasteiger partial charge on any atom is 0.361 e. The van der Waals surface area contributed by atoms with Crippen molar-refractivity contribution < 1.29 is 70.4 Å². The van der Waals surface area contributed by atoms with Gasteiger partial charge >= 0.3 is 27.1 Å². The Balaban J connectivity index is 1.34. The molecule has 0 aliphatic rings. The van der Waals surface area contributed by atoms with E-state index in [0.29, 0.717) is 21.2 Å². The summed E-state index contributed by atoms with van der Waals surface area (Å²) in [5.41, 5.74) is 3.18. The summed E-state index contributed by atoms with van der Waals surface area (Å²) in [6.07, 6.45) is 5.05. The lowest BCUT2D eigenvalue weighted by molar-refractivity contribution is -0.290. The maximum absolute atomic E-state index is 15.4. The first-order valence-corrected chi connectivity index (χ1v) is 25.9. The number of hydrogen-bond donors (Lipinski definition) is 0. The Labute approximate surface area is 396 Å². The Morgan fingerprint density at radius 2 is 0.691 bits per heavy atom. The molecule has 5 aromatic carbocycles. The SMILES string of the molecule is C=CCOOCCOP(=O)(OCCOOCC=C)c1ccc(-c2ccc(P(=O)(c3ccccc3)c3ccc(-c4ccc(P(=O)(OCCOC(=O)C=C)OCCOC(=O)C=C)cc4)cc3)cc2)cc1. The van der Waals surface area contributed by atoms with Gasteiger partial charge in [-0.05, 0) is 46.5 Å². The second kappa shape index (κ2) is 27.4. The van der Waals surface area contributed by atoms with Gasteiger partial charge in [-0.25, -0.2) is 29.1 Å². The lowest BCUT2D eigenvalue weighted by Gasteiger charge is -2.21. The molecule has 0 N–H and O–H groups in total. The lowest BCUT2D eigenvalue weighted by Crippen LogP contribution is -2.25. The van der Waals surface area contributed by atoms with Crippen LogP contribution in [0.1, 0.15) is 0 Å². The van der Waals surface area contributed by atoms with Crippen molar-refractivity contribution >= 4 is 60.8 Å². The van der Waals surface area contributed by atoms with Crippen molar-refractivity contribution in [1.82, 2.24) is 0 Å². The van der Waals surface area contributed by atoms with E-state index in [2.05, 4.69) is 26.3 Å². The van der Waals surface area contributed by atoms with Gasteiger partial charge in [-0.3, -0.25) is 9.13 Å². The van der Waals surface area contributed by atoms with Crippen molar-refractivity contribution in [1.29, 1.82) is 0 Å². The Morgan fingerprint density at radius 3 is 1.01 bits per heavy atom. The summed E-state index contributed by atoms with van der Waals surface area (Å²) in [5.74, 6) is -1.33. The standard InChI is InChI=1S/C50H53O15P3/c1-5-30-58-60-34-38-64-68(55,65-39-35-61-59-31-6-2)48-28-20-43(21-29-48)41-16-24-46(25-17-41)66(53,44-12-10-9-11-13-44)45-22-14-40(15-23-45)42-18-26-47(27-19-42)67(54,62-36-32-56-49(51)7-3)63-37-33-57-50(52)8-4/h5-29H,1-4,30-39H2. The Morgan fingerprint density at radius 1 is 0.382 bits per heavy atom. The summed E-state index contributed by atoms with van der Waals surface area (Å²) in [5, 5.41) is 2.40. The van der Waals surface area contributed by atoms with Gasteiger partial charge in [-0.2, -0.15) is 0 Å². The summed E-state index contributed by atoms with van der Waals surface area (Å²) in [6, 6.07) is 37.7. The van der Waals surface area contributed by atoms with Crippen molar-refractivity contribution in [2.45, 2.75) is 0 Å². The zero-order chi connectivity index (χ0) is 48.7. The molecule has 5 rings (SSSR count). The van der Waals surface area contributed by atoms with Crippen molar-refractivity contribution in [3.8, 4) is 22.3 Å². The first-order chi connectivity index (χ1) is 33.0. The van der Waals surface area contributed by atoms with E-state index in [1.807, 2.05) is 78.9 Å². The van der Waals surface area contributed by atoms with Crippen LogP contribution in [0.15, 0.2) is 178 Å². The van der Waals surface area contributed by atoms with Crippen LogP contribution in [0.25, 0.3) is 22.3 Å². The van der Waals surface area contributed by atoms with Crippen molar-refractivity contribution in [2.75, 3.05) is 66.1 Å². The molecule has 0 amide bonds. The Hall–Kier alpha value is -5.63. The predicted octanol–water partition coefficient (Wildman–Crippen LogP) is 8.09. The maximum atomic E-state index is 15.4. The van der Waals surface area contributed by atoms with E-state index in [4.69, 9.17) is 47.1 Å². The van der Waals surface area contributed by atoms with E-state index < -0.39 is 34.3 Å². The first-order valence-electron chi connectivity index (χ1n) is 21.2. The zero-order valence-corrected chi connectivity index (χ0v) is 40.0. The van der Waals surface area contributed by atoms with Crippen LogP contribution in [-0.2, 0) is 70.4 Å². The highest BCUT2D eigenvalue weighted by Crippen LogP contribution is 2.48. The minimum Gasteiger partial charge on any atom is -0.460 e. The van der Waals surface area contributed by atoms with Crippen molar-refractivity contribution in [2.24, 2.45) is 0 Å². The monoisotopic (exact) mass is 986 g/mol. The number of ether oxygens (including phenoxy) is 2. The number of esters is 2. The number of rotatable bonds is 31. The zero-order valence-electron chi connectivity index (χ0n) is 37.3. The van der Waals surface area contributed by atoms with E-state index in [-0.39, 0.29) is 71.4 Å². The molecule has 15 nitrogen and oxygen atoms in total. The van der Waals surface area contributed by atoms with Gasteiger partial charge < -0.3 is 32.1 Å². The number of carbonyl (C=O) groups is 2. The number of carbonyl (C=O) groups excluding carboxylic acids is 2. The highest BCUT2D eigenvalue weighted by atomic mass is 31.2. The fourth-order valence-corrected chi connectivity index (χ4v) is 11.9. The molecular formula is C50H53O15P3. The molecule has 0 fully saturated rings. The molecule has 0 bridgehead atoms. The van der Waals surface area contributed by atoms with E-state index in [1.54, 1.807) is 48.5 Å². The molecule has 0 spiro atoms.